The van der Waals surface area contributed by atoms with Crippen LogP contribution in [0.4, 0.5) is 5.82 Å². The Morgan fingerprint density at radius 1 is 1.29 bits per heavy atom. The number of nitrogens with one attached hydrogen (secondary N) is 2. The number of carbonyl (C=O) groups excluding carboxylic acids is 2. The molecule has 0 unspecified atom stereocenters. The molecule has 0 saturated heterocycles. The fourth-order valence-corrected chi connectivity index (χ4v) is 1.71. The number of anilines is 1. The van der Waals surface area contributed by atoms with E-state index in [0.717, 1.165) is 0 Å². The minimum Gasteiger partial charge on any atom is -0.504 e. The molecule has 2 amide bonds. The third kappa shape index (κ3) is 4.80. The number of ether oxygens (including phenoxy) is 1. The second-order valence-electron chi connectivity index (χ2n) is 4.53. The Labute approximate surface area is 138 Å². The zero-order valence-electron chi connectivity index (χ0n) is 12.9. The zero-order valence-corrected chi connectivity index (χ0v) is 12.9. The summed E-state index contributed by atoms with van der Waals surface area (Å²) < 4.78 is 5.24. The number of aromatic hydroxyl groups is 1. The maximum atomic E-state index is 11.6. The standard InChI is InChI=1S/C16H16N4O4/c1-2-24-13-9-11(6-7-12(13)21)10-18-20-16(23)15(22)19-14-5-3-4-8-17-14/h3-10,21H,2H2,1H3,(H,20,23)(H,17,19,22). The van der Waals surface area contributed by atoms with Crippen LogP contribution in [0.3, 0.4) is 0 Å². The van der Waals surface area contributed by atoms with Crippen molar-refractivity contribution >= 4 is 23.8 Å². The summed E-state index contributed by atoms with van der Waals surface area (Å²) in [4.78, 5) is 27.2. The molecule has 0 aliphatic heterocycles. The van der Waals surface area contributed by atoms with E-state index in [9.17, 15) is 14.7 Å². The molecule has 0 bridgehead atoms. The molecular formula is C16H16N4O4. The lowest BCUT2D eigenvalue weighted by Gasteiger charge is -2.06. The van der Waals surface area contributed by atoms with Gasteiger partial charge in [-0.2, -0.15) is 5.10 Å². The number of aromatic nitrogens is 1. The molecule has 0 aliphatic carbocycles. The van der Waals surface area contributed by atoms with Crippen LogP contribution in [0.5, 0.6) is 11.5 Å². The number of pyridine rings is 1. The van der Waals surface area contributed by atoms with Gasteiger partial charge in [0.2, 0.25) is 0 Å². The fraction of sp³-hybridized carbons (Fsp3) is 0.125. The summed E-state index contributed by atoms with van der Waals surface area (Å²) in [7, 11) is 0. The second kappa shape index (κ2) is 8.28. The number of rotatable bonds is 5. The molecule has 0 aliphatic rings. The molecule has 0 spiro atoms. The Bertz CT molecular complexity index is 747. The molecule has 0 radical (unpaired) electrons. The van der Waals surface area contributed by atoms with Crippen molar-refractivity contribution in [3.63, 3.8) is 0 Å². The van der Waals surface area contributed by atoms with Crippen LogP contribution in [0.2, 0.25) is 0 Å². The van der Waals surface area contributed by atoms with Crippen molar-refractivity contribution < 1.29 is 19.4 Å². The SMILES string of the molecule is CCOc1cc(C=NNC(=O)C(=O)Nc2ccccn2)ccc1O. The fourth-order valence-electron chi connectivity index (χ4n) is 1.71. The molecule has 2 aromatic rings. The van der Waals surface area contributed by atoms with Crippen molar-refractivity contribution in [3.05, 3.63) is 48.2 Å². The number of hydrogen-bond acceptors (Lipinski definition) is 6. The van der Waals surface area contributed by atoms with E-state index >= 15 is 0 Å². The van der Waals surface area contributed by atoms with Gasteiger partial charge in [-0.1, -0.05) is 6.07 Å². The molecule has 0 saturated carbocycles. The molecule has 124 valence electrons. The number of amides is 2. The summed E-state index contributed by atoms with van der Waals surface area (Å²) in [5.41, 5.74) is 2.69. The van der Waals surface area contributed by atoms with Gasteiger partial charge in [0.1, 0.15) is 5.82 Å². The smallest absolute Gasteiger partial charge is 0.329 e. The van der Waals surface area contributed by atoms with E-state index in [1.54, 1.807) is 37.3 Å². The molecule has 0 atom stereocenters. The van der Waals surface area contributed by atoms with E-state index in [-0.39, 0.29) is 11.6 Å². The quantitative estimate of drug-likeness (QED) is 0.435. The maximum absolute atomic E-state index is 11.6. The number of phenolic OH excluding ortho intramolecular Hbond substituents is 1. The van der Waals surface area contributed by atoms with Crippen molar-refractivity contribution in [2.45, 2.75) is 6.92 Å². The van der Waals surface area contributed by atoms with Gasteiger partial charge in [0.15, 0.2) is 11.5 Å². The van der Waals surface area contributed by atoms with Gasteiger partial charge in [-0.25, -0.2) is 10.4 Å². The Balaban J connectivity index is 1.92. The van der Waals surface area contributed by atoms with Crippen LogP contribution in [0.25, 0.3) is 0 Å². The largest absolute Gasteiger partial charge is 0.504 e. The Morgan fingerprint density at radius 2 is 2.12 bits per heavy atom. The van der Waals surface area contributed by atoms with Crippen LogP contribution >= 0.6 is 0 Å². The highest BCUT2D eigenvalue weighted by Crippen LogP contribution is 2.26. The van der Waals surface area contributed by atoms with Crippen LogP contribution in [-0.2, 0) is 9.59 Å². The average molecular weight is 328 g/mol. The first-order valence-corrected chi connectivity index (χ1v) is 7.11. The monoisotopic (exact) mass is 328 g/mol. The zero-order chi connectivity index (χ0) is 17.4. The highest BCUT2D eigenvalue weighted by Gasteiger charge is 2.13. The van der Waals surface area contributed by atoms with E-state index < -0.39 is 11.8 Å². The average Bonchev–Trinajstić information content (AvgIpc) is 2.58. The summed E-state index contributed by atoms with van der Waals surface area (Å²) in [6, 6.07) is 9.51. The molecular weight excluding hydrogens is 312 g/mol. The van der Waals surface area contributed by atoms with Gasteiger partial charge in [-0.3, -0.25) is 9.59 Å². The van der Waals surface area contributed by atoms with E-state index in [1.807, 2.05) is 0 Å². The summed E-state index contributed by atoms with van der Waals surface area (Å²) in [6.07, 6.45) is 2.82. The van der Waals surface area contributed by atoms with Crippen molar-refractivity contribution in [3.8, 4) is 11.5 Å². The lowest BCUT2D eigenvalue weighted by Crippen LogP contribution is -2.32. The van der Waals surface area contributed by atoms with Gasteiger partial charge in [0, 0.05) is 6.20 Å². The molecule has 1 aromatic carbocycles. The lowest BCUT2D eigenvalue weighted by molar-refractivity contribution is -0.136. The Morgan fingerprint density at radius 3 is 2.83 bits per heavy atom. The molecule has 1 heterocycles. The molecule has 24 heavy (non-hydrogen) atoms. The van der Waals surface area contributed by atoms with Gasteiger partial charge < -0.3 is 15.2 Å². The molecule has 2 rings (SSSR count). The molecule has 3 N–H and O–H groups in total. The highest BCUT2D eigenvalue weighted by molar-refractivity contribution is 6.39. The first-order chi connectivity index (χ1) is 11.6. The van der Waals surface area contributed by atoms with Gasteiger partial charge in [0.25, 0.3) is 0 Å². The predicted molar refractivity (Wildman–Crippen MR) is 87.9 cm³/mol. The molecule has 1 aromatic heterocycles. The normalized spacial score (nSPS) is 10.4. The second-order valence-corrected chi connectivity index (χ2v) is 4.53. The van der Waals surface area contributed by atoms with Crippen LogP contribution in [0.1, 0.15) is 12.5 Å². The van der Waals surface area contributed by atoms with E-state index in [1.165, 1.54) is 18.5 Å². The van der Waals surface area contributed by atoms with Gasteiger partial charge in [-0.15, -0.1) is 0 Å². The summed E-state index contributed by atoms with van der Waals surface area (Å²) >= 11 is 0. The van der Waals surface area contributed by atoms with Crippen molar-refractivity contribution in [1.29, 1.82) is 0 Å². The van der Waals surface area contributed by atoms with Crippen LogP contribution in [0, 0.1) is 0 Å². The summed E-state index contributed by atoms with van der Waals surface area (Å²) in [5, 5.41) is 15.6. The molecule has 8 nitrogen and oxygen atoms in total. The van der Waals surface area contributed by atoms with E-state index in [0.29, 0.717) is 17.9 Å². The number of nitrogens with zero attached hydrogens (tertiary/aromatic N) is 2. The number of phenols is 1. The lowest BCUT2D eigenvalue weighted by atomic mass is 10.2. The van der Waals surface area contributed by atoms with Gasteiger partial charge in [-0.05, 0) is 42.8 Å². The highest BCUT2D eigenvalue weighted by atomic mass is 16.5. The van der Waals surface area contributed by atoms with Gasteiger partial charge in [0.05, 0.1) is 12.8 Å². The summed E-state index contributed by atoms with van der Waals surface area (Å²) in [5.74, 6) is -1.23. The third-order valence-corrected chi connectivity index (χ3v) is 2.78. The number of hydrogen-bond donors (Lipinski definition) is 3. The number of carbonyl (C=O) groups is 2. The summed E-state index contributed by atoms with van der Waals surface area (Å²) in [6.45, 7) is 2.19. The maximum Gasteiger partial charge on any atom is 0.329 e. The first kappa shape index (κ1) is 16.9. The Kier molecular flexibility index (Phi) is 5.84. The topological polar surface area (TPSA) is 113 Å². The Hall–Kier alpha value is -3.42. The van der Waals surface area contributed by atoms with Gasteiger partial charge >= 0.3 is 11.8 Å². The minimum absolute atomic E-state index is 0.00720. The first-order valence-electron chi connectivity index (χ1n) is 7.11. The molecule has 8 heteroatoms. The van der Waals surface area contributed by atoms with Crippen LogP contribution in [-0.4, -0.2) is 34.7 Å². The number of hydrazone groups is 1. The minimum atomic E-state index is -0.930. The van der Waals surface area contributed by atoms with Crippen LogP contribution < -0.4 is 15.5 Å². The van der Waals surface area contributed by atoms with Crippen molar-refractivity contribution in [1.82, 2.24) is 10.4 Å². The van der Waals surface area contributed by atoms with Crippen molar-refractivity contribution in [2.24, 2.45) is 5.10 Å². The van der Waals surface area contributed by atoms with Crippen molar-refractivity contribution in [2.75, 3.05) is 11.9 Å². The van der Waals surface area contributed by atoms with Crippen LogP contribution in [0.15, 0.2) is 47.7 Å². The van der Waals surface area contributed by atoms with E-state index in [4.69, 9.17) is 4.74 Å². The van der Waals surface area contributed by atoms with E-state index in [2.05, 4.69) is 20.8 Å². The third-order valence-electron chi connectivity index (χ3n) is 2.78. The predicted octanol–water partition coefficient (Wildman–Crippen LogP) is 1.27. The molecule has 0 fully saturated rings. The number of benzene rings is 1.